The molecular weight excluding hydrogens is 305 g/mol. The second-order valence-corrected chi connectivity index (χ2v) is 6.56. The minimum atomic E-state index is -0.571. The number of rotatable bonds is 5. The molecule has 0 radical (unpaired) electrons. The topological polar surface area (TPSA) is 38.3 Å². The van der Waals surface area contributed by atoms with Crippen molar-refractivity contribution in [2.24, 2.45) is 0 Å². The number of ether oxygens (including phenoxy) is 1. The maximum absolute atomic E-state index is 13.2. The number of halogens is 1. The van der Waals surface area contributed by atoms with Gasteiger partial charge in [0.25, 0.3) is 0 Å². The lowest BCUT2D eigenvalue weighted by Gasteiger charge is -2.40. The van der Waals surface area contributed by atoms with Crippen LogP contribution in [-0.2, 0) is 10.2 Å². The lowest BCUT2D eigenvalue weighted by Crippen LogP contribution is -2.46. The van der Waals surface area contributed by atoms with Crippen molar-refractivity contribution in [1.29, 1.82) is 0 Å². The minimum Gasteiger partial charge on any atom is -0.489 e. The molecule has 1 amide bonds. The Hall–Kier alpha value is -2.36. The van der Waals surface area contributed by atoms with Crippen LogP contribution in [0.3, 0.4) is 0 Å². The molecule has 2 aromatic carbocycles. The zero-order chi connectivity index (χ0) is 17.2. The van der Waals surface area contributed by atoms with Crippen LogP contribution in [-0.4, -0.2) is 12.0 Å². The third-order valence-electron chi connectivity index (χ3n) is 4.54. The highest BCUT2D eigenvalue weighted by Crippen LogP contribution is 2.45. The molecular formula is C20H22FNO2. The summed E-state index contributed by atoms with van der Waals surface area (Å²) in [5, 5.41) is 3.01. The monoisotopic (exact) mass is 327 g/mol. The van der Waals surface area contributed by atoms with Crippen molar-refractivity contribution in [3.8, 4) is 5.75 Å². The molecule has 0 heterocycles. The van der Waals surface area contributed by atoms with E-state index in [-0.39, 0.29) is 17.8 Å². The molecule has 0 aliphatic heterocycles. The lowest BCUT2D eigenvalue weighted by molar-refractivity contribution is -0.124. The average Bonchev–Trinajstić information content (AvgIpc) is 2.49. The number of carbonyl (C=O) groups excluding carboxylic acids is 1. The molecule has 1 fully saturated rings. The van der Waals surface area contributed by atoms with Crippen LogP contribution in [0.1, 0.15) is 38.7 Å². The number of hydrogen-bond donors (Lipinski definition) is 1. The van der Waals surface area contributed by atoms with Gasteiger partial charge in [0, 0.05) is 0 Å². The molecule has 1 saturated carbocycles. The summed E-state index contributed by atoms with van der Waals surface area (Å²) in [6.45, 7) is 3.90. The molecule has 0 atom stereocenters. The van der Waals surface area contributed by atoms with E-state index in [1.165, 1.54) is 12.1 Å². The molecule has 1 N–H and O–H groups in total. The Bertz CT molecular complexity index is 721. The van der Waals surface area contributed by atoms with E-state index in [0.29, 0.717) is 11.4 Å². The van der Waals surface area contributed by atoms with Crippen LogP contribution in [0.4, 0.5) is 10.1 Å². The van der Waals surface area contributed by atoms with Gasteiger partial charge in [0.15, 0.2) is 0 Å². The maximum Gasteiger partial charge on any atom is 0.235 e. The molecule has 4 heteroatoms. The van der Waals surface area contributed by atoms with E-state index >= 15 is 0 Å². The Kier molecular flexibility index (Phi) is 4.56. The van der Waals surface area contributed by atoms with E-state index in [1.807, 2.05) is 38.1 Å². The highest BCUT2D eigenvalue weighted by Gasteiger charge is 2.45. The third kappa shape index (κ3) is 3.14. The number of anilines is 1. The molecule has 0 saturated heterocycles. The number of amides is 1. The van der Waals surface area contributed by atoms with Gasteiger partial charge in [-0.2, -0.15) is 0 Å². The second kappa shape index (κ2) is 6.63. The summed E-state index contributed by atoms with van der Waals surface area (Å²) in [6, 6.07) is 13.7. The van der Waals surface area contributed by atoms with E-state index in [0.717, 1.165) is 24.8 Å². The molecule has 24 heavy (non-hydrogen) atoms. The number of para-hydroxylation sites is 2. The van der Waals surface area contributed by atoms with Crippen LogP contribution < -0.4 is 10.1 Å². The van der Waals surface area contributed by atoms with Gasteiger partial charge in [-0.3, -0.25) is 4.79 Å². The van der Waals surface area contributed by atoms with Crippen LogP contribution in [0.25, 0.3) is 0 Å². The maximum atomic E-state index is 13.2. The summed E-state index contributed by atoms with van der Waals surface area (Å²) in [5.74, 6) is 0.318. The van der Waals surface area contributed by atoms with Gasteiger partial charge in [0.05, 0.1) is 17.2 Å². The molecule has 0 bridgehead atoms. The first-order valence-electron chi connectivity index (χ1n) is 8.34. The van der Waals surface area contributed by atoms with E-state index < -0.39 is 5.41 Å². The Morgan fingerprint density at radius 3 is 2.38 bits per heavy atom. The zero-order valence-electron chi connectivity index (χ0n) is 14.0. The molecule has 0 unspecified atom stereocenters. The number of benzene rings is 2. The van der Waals surface area contributed by atoms with Gasteiger partial charge in [0.1, 0.15) is 11.6 Å². The number of nitrogens with one attached hydrogen (secondary N) is 1. The van der Waals surface area contributed by atoms with Crippen LogP contribution >= 0.6 is 0 Å². The molecule has 1 aliphatic carbocycles. The first kappa shape index (κ1) is 16.5. The van der Waals surface area contributed by atoms with E-state index in [4.69, 9.17) is 4.74 Å². The van der Waals surface area contributed by atoms with Crippen molar-refractivity contribution in [1.82, 2.24) is 0 Å². The van der Waals surface area contributed by atoms with Crippen molar-refractivity contribution in [2.75, 3.05) is 5.32 Å². The highest BCUT2D eigenvalue weighted by molar-refractivity contribution is 6.00. The van der Waals surface area contributed by atoms with Crippen molar-refractivity contribution >= 4 is 11.6 Å². The van der Waals surface area contributed by atoms with Gasteiger partial charge in [-0.15, -0.1) is 0 Å². The van der Waals surface area contributed by atoms with Gasteiger partial charge in [-0.05, 0) is 56.5 Å². The first-order chi connectivity index (χ1) is 11.5. The fourth-order valence-electron chi connectivity index (χ4n) is 3.11. The van der Waals surface area contributed by atoms with Gasteiger partial charge >= 0.3 is 0 Å². The SMILES string of the molecule is CC(C)Oc1ccccc1NC(=O)C1(c2ccc(F)cc2)CCC1. The lowest BCUT2D eigenvalue weighted by atomic mass is 9.64. The van der Waals surface area contributed by atoms with Gasteiger partial charge < -0.3 is 10.1 Å². The predicted molar refractivity (Wildman–Crippen MR) is 92.8 cm³/mol. The zero-order valence-corrected chi connectivity index (χ0v) is 14.0. The van der Waals surface area contributed by atoms with Crippen molar-refractivity contribution in [3.63, 3.8) is 0 Å². The highest BCUT2D eigenvalue weighted by atomic mass is 19.1. The molecule has 126 valence electrons. The number of carbonyl (C=O) groups is 1. The van der Waals surface area contributed by atoms with E-state index in [1.54, 1.807) is 12.1 Å². The normalized spacial score (nSPS) is 15.7. The summed E-state index contributed by atoms with van der Waals surface area (Å²) in [5.41, 5.74) is 0.970. The quantitative estimate of drug-likeness (QED) is 0.866. The molecule has 0 spiro atoms. The van der Waals surface area contributed by atoms with E-state index in [9.17, 15) is 9.18 Å². The molecule has 3 nitrogen and oxygen atoms in total. The van der Waals surface area contributed by atoms with Crippen LogP contribution in [0.2, 0.25) is 0 Å². The average molecular weight is 327 g/mol. The predicted octanol–water partition coefficient (Wildman–Crippen LogP) is 4.67. The first-order valence-corrected chi connectivity index (χ1v) is 8.34. The summed E-state index contributed by atoms with van der Waals surface area (Å²) in [6.07, 6.45) is 2.57. The molecule has 1 aliphatic rings. The largest absolute Gasteiger partial charge is 0.489 e. The van der Waals surface area contributed by atoms with Gasteiger partial charge in [-0.25, -0.2) is 4.39 Å². The minimum absolute atomic E-state index is 0.0258. The van der Waals surface area contributed by atoms with Crippen molar-refractivity contribution in [2.45, 2.75) is 44.6 Å². The third-order valence-corrected chi connectivity index (χ3v) is 4.54. The summed E-state index contributed by atoms with van der Waals surface area (Å²) >= 11 is 0. The fraction of sp³-hybridized carbons (Fsp3) is 0.350. The number of hydrogen-bond acceptors (Lipinski definition) is 2. The van der Waals surface area contributed by atoms with Gasteiger partial charge in [0.2, 0.25) is 5.91 Å². The molecule has 3 rings (SSSR count). The second-order valence-electron chi connectivity index (χ2n) is 6.56. The van der Waals surface area contributed by atoms with Crippen molar-refractivity contribution in [3.05, 3.63) is 59.9 Å². The molecule has 0 aromatic heterocycles. The van der Waals surface area contributed by atoms with E-state index in [2.05, 4.69) is 5.32 Å². The van der Waals surface area contributed by atoms with Crippen molar-refractivity contribution < 1.29 is 13.9 Å². The van der Waals surface area contributed by atoms with Gasteiger partial charge in [-0.1, -0.05) is 30.7 Å². The molecule has 2 aromatic rings. The summed E-state index contributed by atoms with van der Waals surface area (Å²) in [4.78, 5) is 13.0. The standard InChI is InChI=1S/C20H22FNO2/c1-14(2)24-18-7-4-3-6-17(18)22-19(23)20(12-5-13-20)15-8-10-16(21)11-9-15/h3-4,6-11,14H,5,12-13H2,1-2H3,(H,22,23). The van der Waals surface area contributed by atoms with Crippen LogP contribution in [0.15, 0.2) is 48.5 Å². The Labute approximate surface area is 141 Å². The smallest absolute Gasteiger partial charge is 0.235 e. The van der Waals surface area contributed by atoms with Crippen LogP contribution in [0, 0.1) is 5.82 Å². The van der Waals surface area contributed by atoms with Crippen LogP contribution in [0.5, 0.6) is 5.75 Å². The Morgan fingerprint density at radius 2 is 1.79 bits per heavy atom. The summed E-state index contributed by atoms with van der Waals surface area (Å²) < 4.78 is 19.0. The fourth-order valence-corrected chi connectivity index (χ4v) is 3.11. The Balaban J connectivity index is 1.85. The Morgan fingerprint density at radius 1 is 1.12 bits per heavy atom. The summed E-state index contributed by atoms with van der Waals surface area (Å²) in [7, 11) is 0.